The second kappa shape index (κ2) is 8.17. The Morgan fingerprint density at radius 1 is 1.16 bits per heavy atom. The lowest BCUT2D eigenvalue weighted by atomic mass is 9.94. The third kappa shape index (κ3) is 4.11. The number of nitrogens with zero attached hydrogens (tertiary/aromatic N) is 3. The van der Waals surface area contributed by atoms with Gasteiger partial charge in [0.2, 0.25) is 5.95 Å². The summed E-state index contributed by atoms with van der Waals surface area (Å²) >= 11 is 0. The zero-order valence-electron chi connectivity index (χ0n) is 17.2. The van der Waals surface area contributed by atoms with Gasteiger partial charge < -0.3 is 15.4 Å². The number of ether oxygens (including phenoxy) is 1. The summed E-state index contributed by atoms with van der Waals surface area (Å²) in [7, 11) is 0. The number of halogens is 2. The van der Waals surface area contributed by atoms with Crippen molar-refractivity contribution in [2.75, 3.05) is 10.6 Å². The highest BCUT2D eigenvalue weighted by molar-refractivity contribution is 6.06. The van der Waals surface area contributed by atoms with Crippen LogP contribution in [-0.2, 0) is 4.79 Å². The molecule has 31 heavy (non-hydrogen) atoms. The van der Waals surface area contributed by atoms with Crippen LogP contribution in [0.2, 0.25) is 0 Å². The van der Waals surface area contributed by atoms with Crippen LogP contribution in [0.1, 0.15) is 29.7 Å². The van der Waals surface area contributed by atoms with Gasteiger partial charge in [-0.25, -0.2) is 4.68 Å². The van der Waals surface area contributed by atoms with Crippen molar-refractivity contribution in [3.8, 4) is 5.75 Å². The minimum absolute atomic E-state index is 0.0356. The van der Waals surface area contributed by atoms with Gasteiger partial charge in [0.25, 0.3) is 5.91 Å². The van der Waals surface area contributed by atoms with Crippen molar-refractivity contribution in [2.24, 2.45) is 0 Å². The minimum atomic E-state index is -2.91. The number of alkyl halides is 2. The average molecular weight is 425 g/mol. The maximum Gasteiger partial charge on any atom is 0.387 e. The van der Waals surface area contributed by atoms with Crippen LogP contribution in [0, 0.1) is 13.8 Å². The third-order valence-corrected chi connectivity index (χ3v) is 5.09. The van der Waals surface area contributed by atoms with Gasteiger partial charge in [0.05, 0.1) is 5.57 Å². The van der Waals surface area contributed by atoms with Crippen molar-refractivity contribution in [3.05, 3.63) is 76.8 Å². The number of amides is 1. The van der Waals surface area contributed by atoms with Crippen LogP contribution in [0.15, 0.2) is 60.1 Å². The molecule has 160 valence electrons. The van der Waals surface area contributed by atoms with Gasteiger partial charge in [-0.1, -0.05) is 29.8 Å². The van der Waals surface area contributed by atoms with E-state index in [2.05, 4.69) is 25.5 Å². The Hall–Kier alpha value is -3.75. The molecule has 1 amide bonds. The van der Waals surface area contributed by atoms with Crippen molar-refractivity contribution < 1.29 is 18.3 Å². The Morgan fingerprint density at radius 3 is 2.58 bits per heavy atom. The van der Waals surface area contributed by atoms with E-state index in [9.17, 15) is 13.6 Å². The number of hydrogen-bond acceptors (Lipinski definition) is 5. The summed E-state index contributed by atoms with van der Waals surface area (Å²) in [5, 5.41) is 10.3. The fourth-order valence-electron chi connectivity index (χ4n) is 3.67. The number of fused-ring (bicyclic) bond motifs is 1. The van der Waals surface area contributed by atoms with Crippen LogP contribution in [0.4, 0.5) is 20.4 Å². The number of rotatable bonds is 5. The van der Waals surface area contributed by atoms with Gasteiger partial charge in [-0.05, 0) is 50.1 Å². The van der Waals surface area contributed by atoms with Gasteiger partial charge in [0.1, 0.15) is 18.1 Å². The number of aryl methyl sites for hydroxylation is 2. The molecule has 1 aliphatic rings. The molecule has 0 unspecified atom stereocenters. The van der Waals surface area contributed by atoms with E-state index >= 15 is 0 Å². The number of carbonyl (C=O) groups excluding carboxylic acids is 1. The number of nitrogens with one attached hydrogen (secondary N) is 2. The van der Waals surface area contributed by atoms with E-state index in [0.29, 0.717) is 28.5 Å². The molecule has 4 rings (SSSR count). The summed E-state index contributed by atoms with van der Waals surface area (Å²) in [4.78, 5) is 17.5. The summed E-state index contributed by atoms with van der Waals surface area (Å²) in [6, 6.07) is 11.3. The van der Waals surface area contributed by atoms with Crippen molar-refractivity contribution in [1.29, 1.82) is 0 Å². The van der Waals surface area contributed by atoms with Gasteiger partial charge in [-0.3, -0.25) is 4.79 Å². The molecule has 2 heterocycles. The number of allylic oxidation sites excluding steroid dienone is 1. The van der Waals surface area contributed by atoms with Gasteiger partial charge in [-0.15, -0.1) is 0 Å². The topological polar surface area (TPSA) is 81.1 Å². The number of anilines is 2. The molecular weight excluding hydrogens is 404 g/mol. The average Bonchev–Trinajstić information content (AvgIpc) is 3.17. The summed E-state index contributed by atoms with van der Waals surface area (Å²) in [5.74, 6) is 0.225. The molecule has 1 aliphatic heterocycles. The Kier molecular flexibility index (Phi) is 5.41. The predicted molar refractivity (Wildman–Crippen MR) is 112 cm³/mol. The normalized spacial score (nSPS) is 15.5. The fraction of sp³-hybridized carbons (Fsp3) is 0.227. The van der Waals surface area contributed by atoms with E-state index < -0.39 is 12.7 Å². The van der Waals surface area contributed by atoms with Crippen LogP contribution in [0.25, 0.3) is 0 Å². The second-order valence-electron chi connectivity index (χ2n) is 7.31. The Balaban J connectivity index is 1.71. The summed E-state index contributed by atoms with van der Waals surface area (Å²) in [6.07, 6.45) is 1.39. The second-order valence-corrected chi connectivity index (χ2v) is 7.31. The molecule has 3 aromatic rings. The zero-order valence-corrected chi connectivity index (χ0v) is 17.2. The quantitative estimate of drug-likeness (QED) is 0.632. The zero-order chi connectivity index (χ0) is 22.1. The van der Waals surface area contributed by atoms with Crippen LogP contribution in [0.3, 0.4) is 0 Å². The lowest BCUT2D eigenvalue weighted by Gasteiger charge is -2.29. The Bertz CT molecular complexity index is 1150. The van der Waals surface area contributed by atoms with Crippen LogP contribution in [0.5, 0.6) is 5.75 Å². The van der Waals surface area contributed by atoms with Crippen LogP contribution in [-0.4, -0.2) is 27.3 Å². The lowest BCUT2D eigenvalue weighted by molar-refractivity contribution is -0.113. The molecule has 0 fully saturated rings. The van der Waals surface area contributed by atoms with Gasteiger partial charge >= 0.3 is 6.61 Å². The lowest BCUT2D eigenvalue weighted by Crippen LogP contribution is -2.31. The minimum Gasteiger partial charge on any atom is -0.435 e. The van der Waals surface area contributed by atoms with E-state index in [0.717, 1.165) is 11.1 Å². The van der Waals surface area contributed by atoms with Crippen molar-refractivity contribution in [1.82, 2.24) is 14.8 Å². The van der Waals surface area contributed by atoms with Crippen LogP contribution >= 0.6 is 0 Å². The first kappa shape index (κ1) is 20.5. The molecule has 0 spiro atoms. The predicted octanol–water partition coefficient (Wildman–Crippen LogP) is 4.42. The van der Waals surface area contributed by atoms with E-state index in [1.807, 2.05) is 32.0 Å². The molecule has 1 aromatic heterocycles. The molecule has 0 saturated carbocycles. The monoisotopic (exact) mass is 425 g/mol. The highest BCUT2D eigenvalue weighted by Gasteiger charge is 2.33. The Labute approximate surface area is 177 Å². The largest absolute Gasteiger partial charge is 0.435 e. The summed E-state index contributed by atoms with van der Waals surface area (Å²) in [5.41, 5.74) is 4.50. The van der Waals surface area contributed by atoms with Gasteiger partial charge in [-0.2, -0.15) is 18.9 Å². The molecule has 0 aliphatic carbocycles. The van der Waals surface area contributed by atoms with Gasteiger partial charge in [0.15, 0.2) is 0 Å². The smallest absolute Gasteiger partial charge is 0.387 e. The van der Waals surface area contributed by atoms with Gasteiger partial charge in [0, 0.05) is 11.4 Å². The van der Waals surface area contributed by atoms with E-state index in [1.165, 1.54) is 18.5 Å². The standard InChI is InChI=1S/C22H21F2N5O2/c1-12-4-9-17(13(2)10-12)28-20(30)18-14(3)27-22-25-11-26-29(22)19(18)15-5-7-16(8-6-15)31-21(23)24/h4-11,19,21H,1-3H3,(H,28,30)(H,25,26,27)/t19-/m0/s1. The highest BCUT2D eigenvalue weighted by Crippen LogP contribution is 2.36. The maximum absolute atomic E-state index is 13.3. The first-order valence-electron chi connectivity index (χ1n) is 9.64. The first-order valence-corrected chi connectivity index (χ1v) is 9.64. The number of aromatic nitrogens is 3. The first-order chi connectivity index (χ1) is 14.8. The molecule has 1 atom stereocenters. The van der Waals surface area contributed by atoms with E-state index in [4.69, 9.17) is 0 Å². The molecular formula is C22H21F2N5O2. The fourth-order valence-corrected chi connectivity index (χ4v) is 3.67. The molecule has 2 aromatic carbocycles. The Morgan fingerprint density at radius 2 is 1.90 bits per heavy atom. The SMILES string of the molecule is CC1=C(C(=O)Nc2ccc(C)cc2C)[C@H](c2ccc(OC(F)F)cc2)n2ncnc2N1. The van der Waals surface area contributed by atoms with Crippen LogP contribution < -0.4 is 15.4 Å². The molecule has 0 radical (unpaired) electrons. The summed E-state index contributed by atoms with van der Waals surface area (Å²) in [6.45, 7) is 2.79. The van der Waals surface area contributed by atoms with E-state index in [1.54, 1.807) is 23.7 Å². The third-order valence-electron chi connectivity index (χ3n) is 5.09. The number of benzene rings is 2. The van der Waals surface area contributed by atoms with E-state index in [-0.39, 0.29) is 11.7 Å². The number of hydrogen-bond donors (Lipinski definition) is 2. The molecule has 7 nitrogen and oxygen atoms in total. The molecule has 0 bridgehead atoms. The maximum atomic E-state index is 13.3. The van der Waals surface area contributed by atoms with Crippen molar-refractivity contribution >= 4 is 17.5 Å². The molecule has 2 N–H and O–H groups in total. The molecule has 0 saturated heterocycles. The van der Waals surface area contributed by atoms with Crippen molar-refractivity contribution in [3.63, 3.8) is 0 Å². The van der Waals surface area contributed by atoms with Crippen molar-refractivity contribution in [2.45, 2.75) is 33.4 Å². The highest BCUT2D eigenvalue weighted by atomic mass is 19.3. The summed E-state index contributed by atoms with van der Waals surface area (Å²) < 4.78 is 31.0. The molecule has 9 heteroatoms. The number of carbonyl (C=O) groups is 1.